The topological polar surface area (TPSA) is 70.6 Å². The molecule has 2 rings (SSSR count). The largest absolute Gasteiger partial charge is 0.495 e. The zero-order valence-corrected chi connectivity index (χ0v) is 10.4. The van der Waals surface area contributed by atoms with Crippen LogP contribution in [0.4, 0.5) is 5.69 Å². The average molecular weight is 250 g/mol. The first kappa shape index (κ1) is 12.7. The molecule has 1 aromatic carbocycles. The Hall–Kier alpha value is -1.75. The van der Waals surface area contributed by atoms with E-state index in [4.69, 9.17) is 9.84 Å². The number of piperidine rings is 1. The molecule has 1 fully saturated rings. The first-order valence-electron chi connectivity index (χ1n) is 6.09. The number of nitrogens with one attached hydrogen (secondary N) is 2. The minimum Gasteiger partial charge on any atom is -0.495 e. The third-order valence-electron chi connectivity index (χ3n) is 3.15. The molecule has 1 aliphatic rings. The Morgan fingerprint density at radius 1 is 1.44 bits per heavy atom. The Kier molecular flexibility index (Phi) is 4.04. The van der Waals surface area contributed by atoms with Crippen LogP contribution in [0.2, 0.25) is 0 Å². The highest BCUT2D eigenvalue weighted by Crippen LogP contribution is 2.27. The molecule has 0 aromatic heterocycles. The molecule has 1 aromatic rings. The molecule has 0 bridgehead atoms. The van der Waals surface area contributed by atoms with Crippen molar-refractivity contribution in [2.75, 3.05) is 25.5 Å². The van der Waals surface area contributed by atoms with Gasteiger partial charge < -0.3 is 20.5 Å². The fourth-order valence-corrected chi connectivity index (χ4v) is 2.14. The predicted octanol–water partition coefficient (Wildman–Crippen LogP) is 1.56. The lowest BCUT2D eigenvalue weighted by molar-refractivity contribution is 0.0697. The van der Waals surface area contributed by atoms with Crippen LogP contribution in [0.1, 0.15) is 23.2 Å². The van der Waals surface area contributed by atoms with E-state index in [1.54, 1.807) is 25.3 Å². The lowest BCUT2D eigenvalue weighted by Crippen LogP contribution is -2.35. The van der Waals surface area contributed by atoms with E-state index >= 15 is 0 Å². The molecule has 98 valence electrons. The van der Waals surface area contributed by atoms with E-state index in [2.05, 4.69) is 10.6 Å². The van der Waals surface area contributed by atoms with Gasteiger partial charge in [0, 0.05) is 6.04 Å². The van der Waals surface area contributed by atoms with Crippen molar-refractivity contribution in [3.05, 3.63) is 23.8 Å². The Morgan fingerprint density at radius 3 is 2.78 bits per heavy atom. The highest BCUT2D eigenvalue weighted by atomic mass is 16.5. The zero-order valence-electron chi connectivity index (χ0n) is 10.4. The lowest BCUT2D eigenvalue weighted by Gasteiger charge is -2.25. The van der Waals surface area contributed by atoms with Gasteiger partial charge in [0.15, 0.2) is 0 Å². The van der Waals surface area contributed by atoms with Gasteiger partial charge in [0.2, 0.25) is 0 Å². The number of aromatic carboxylic acids is 1. The predicted molar refractivity (Wildman–Crippen MR) is 69.5 cm³/mol. The minimum atomic E-state index is -0.925. The SMILES string of the molecule is COc1ccc(C(=O)O)cc1NC1CCNCC1. The summed E-state index contributed by atoms with van der Waals surface area (Å²) in [5.74, 6) is -0.246. The Balaban J connectivity index is 2.17. The smallest absolute Gasteiger partial charge is 0.335 e. The van der Waals surface area contributed by atoms with Crippen LogP contribution in [-0.4, -0.2) is 37.3 Å². The molecular formula is C13H18N2O3. The van der Waals surface area contributed by atoms with Crippen molar-refractivity contribution in [2.45, 2.75) is 18.9 Å². The van der Waals surface area contributed by atoms with E-state index in [9.17, 15) is 4.79 Å². The van der Waals surface area contributed by atoms with Crippen molar-refractivity contribution >= 4 is 11.7 Å². The van der Waals surface area contributed by atoms with Crippen LogP contribution in [0.5, 0.6) is 5.75 Å². The fourth-order valence-electron chi connectivity index (χ4n) is 2.14. The number of rotatable bonds is 4. The van der Waals surface area contributed by atoms with Crippen molar-refractivity contribution in [3.63, 3.8) is 0 Å². The van der Waals surface area contributed by atoms with E-state index in [-0.39, 0.29) is 5.56 Å². The Labute approximate surface area is 106 Å². The summed E-state index contributed by atoms with van der Waals surface area (Å²) in [7, 11) is 1.59. The normalized spacial score (nSPS) is 16.3. The molecule has 18 heavy (non-hydrogen) atoms. The molecule has 1 saturated heterocycles. The van der Waals surface area contributed by atoms with Gasteiger partial charge in [-0.3, -0.25) is 0 Å². The quantitative estimate of drug-likeness (QED) is 0.756. The van der Waals surface area contributed by atoms with Gasteiger partial charge in [-0.05, 0) is 44.1 Å². The van der Waals surface area contributed by atoms with E-state index < -0.39 is 5.97 Å². The third kappa shape index (κ3) is 2.92. The van der Waals surface area contributed by atoms with Gasteiger partial charge in [0.25, 0.3) is 0 Å². The van der Waals surface area contributed by atoms with Gasteiger partial charge >= 0.3 is 5.97 Å². The van der Waals surface area contributed by atoms with Gasteiger partial charge in [0.05, 0.1) is 18.4 Å². The van der Waals surface area contributed by atoms with Crippen LogP contribution in [0.15, 0.2) is 18.2 Å². The standard InChI is InChI=1S/C13H18N2O3/c1-18-12-3-2-9(13(16)17)8-11(12)15-10-4-6-14-7-5-10/h2-3,8,10,14-15H,4-7H2,1H3,(H,16,17). The molecule has 0 amide bonds. The summed E-state index contributed by atoms with van der Waals surface area (Å²) in [4.78, 5) is 11.0. The number of benzene rings is 1. The van der Waals surface area contributed by atoms with Crippen LogP contribution in [0.3, 0.4) is 0 Å². The molecule has 0 aliphatic carbocycles. The van der Waals surface area contributed by atoms with Gasteiger partial charge in [-0.1, -0.05) is 0 Å². The summed E-state index contributed by atoms with van der Waals surface area (Å²) in [6.07, 6.45) is 2.06. The summed E-state index contributed by atoms with van der Waals surface area (Å²) >= 11 is 0. The third-order valence-corrected chi connectivity index (χ3v) is 3.15. The van der Waals surface area contributed by atoms with Crippen molar-refractivity contribution in [3.8, 4) is 5.75 Å². The molecule has 0 saturated carbocycles. The van der Waals surface area contributed by atoms with Gasteiger partial charge in [-0.25, -0.2) is 4.79 Å². The Bertz CT molecular complexity index is 428. The summed E-state index contributed by atoms with van der Waals surface area (Å²) in [6, 6.07) is 5.23. The monoisotopic (exact) mass is 250 g/mol. The summed E-state index contributed by atoms with van der Waals surface area (Å²) < 4.78 is 5.25. The first-order valence-corrected chi connectivity index (χ1v) is 6.09. The van der Waals surface area contributed by atoms with E-state index in [1.807, 2.05) is 0 Å². The highest BCUT2D eigenvalue weighted by Gasteiger charge is 2.15. The summed E-state index contributed by atoms with van der Waals surface area (Å²) in [5, 5.41) is 15.7. The van der Waals surface area contributed by atoms with Crippen molar-refractivity contribution in [1.29, 1.82) is 0 Å². The second kappa shape index (κ2) is 5.73. The zero-order chi connectivity index (χ0) is 13.0. The molecule has 5 nitrogen and oxygen atoms in total. The van der Waals surface area contributed by atoms with Crippen molar-refractivity contribution in [2.24, 2.45) is 0 Å². The highest BCUT2D eigenvalue weighted by molar-refractivity contribution is 5.89. The molecule has 3 N–H and O–H groups in total. The van der Waals surface area contributed by atoms with Gasteiger partial charge in [-0.2, -0.15) is 0 Å². The lowest BCUT2D eigenvalue weighted by atomic mass is 10.1. The van der Waals surface area contributed by atoms with Crippen LogP contribution >= 0.6 is 0 Å². The number of carboxylic acids is 1. The number of carbonyl (C=O) groups is 1. The number of ether oxygens (including phenoxy) is 1. The number of anilines is 1. The number of hydrogen-bond donors (Lipinski definition) is 3. The second-order valence-electron chi connectivity index (χ2n) is 4.39. The number of hydrogen-bond acceptors (Lipinski definition) is 4. The number of methoxy groups -OCH3 is 1. The maximum Gasteiger partial charge on any atom is 0.335 e. The molecule has 1 aliphatic heterocycles. The fraction of sp³-hybridized carbons (Fsp3) is 0.462. The molecule has 0 radical (unpaired) electrons. The van der Waals surface area contributed by atoms with Crippen molar-refractivity contribution < 1.29 is 14.6 Å². The molecule has 0 spiro atoms. The second-order valence-corrected chi connectivity index (χ2v) is 4.39. The van der Waals surface area contributed by atoms with E-state index in [0.717, 1.165) is 31.6 Å². The maximum absolute atomic E-state index is 11.0. The molecule has 5 heteroatoms. The molecule has 1 heterocycles. The maximum atomic E-state index is 11.0. The summed E-state index contributed by atoms with van der Waals surface area (Å²) in [6.45, 7) is 1.97. The number of carboxylic acid groups (broad SMARTS) is 1. The minimum absolute atomic E-state index is 0.271. The molecular weight excluding hydrogens is 232 g/mol. The summed E-state index contributed by atoms with van der Waals surface area (Å²) in [5.41, 5.74) is 1.02. The first-order chi connectivity index (χ1) is 8.70. The molecule has 0 atom stereocenters. The van der Waals surface area contributed by atoms with Crippen LogP contribution in [-0.2, 0) is 0 Å². The molecule has 0 unspecified atom stereocenters. The van der Waals surface area contributed by atoms with Crippen molar-refractivity contribution in [1.82, 2.24) is 5.32 Å². The van der Waals surface area contributed by atoms with Gasteiger partial charge in [-0.15, -0.1) is 0 Å². The van der Waals surface area contributed by atoms with Gasteiger partial charge in [0.1, 0.15) is 5.75 Å². The average Bonchev–Trinajstić information content (AvgIpc) is 2.39. The van der Waals surface area contributed by atoms with Crippen LogP contribution in [0.25, 0.3) is 0 Å². The van der Waals surface area contributed by atoms with Crippen LogP contribution < -0.4 is 15.4 Å². The van der Waals surface area contributed by atoms with E-state index in [1.165, 1.54) is 0 Å². The Morgan fingerprint density at radius 2 is 2.17 bits per heavy atom. The van der Waals surface area contributed by atoms with Crippen LogP contribution in [0, 0.1) is 0 Å². The van der Waals surface area contributed by atoms with E-state index in [0.29, 0.717) is 11.8 Å².